The third-order valence-electron chi connectivity index (χ3n) is 6.99. The van der Waals surface area contributed by atoms with E-state index in [1.807, 2.05) is 0 Å². The van der Waals surface area contributed by atoms with Crippen LogP contribution in [0.4, 0.5) is 5.69 Å². The highest BCUT2D eigenvalue weighted by Crippen LogP contribution is 2.26. The number of ketones is 2. The van der Waals surface area contributed by atoms with E-state index in [1.165, 1.54) is 37.2 Å². The van der Waals surface area contributed by atoms with Crippen molar-refractivity contribution in [2.45, 2.75) is 31.7 Å². The van der Waals surface area contributed by atoms with E-state index in [2.05, 4.69) is 39.4 Å². The van der Waals surface area contributed by atoms with E-state index in [1.54, 1.807) is 24.3 Å². The SMILES string of the molecule is NC1=C(NCCCc2ccc(N3CCN4CCCC4C3)cc2)C(=O)c2ccccc2C1=O. The van der Waals surface area contributed by atoms with Crippen molar-refractivity contribution < 1.29 is 9.59 Å². The fourth-order valence-electron chi connectivity index (χ4n) is 5.18. The molecule has 0 bridgehead atoms. The van der Waals surface area contributed by atoms with E-state index >= 15 is 0 Å². The fourth-order valence-corrected chi connectivity index (χ4v) is 5.18. The van der Waals surface area contributed by atoms with Crippen LogP contribution in [0.3, 0.4) is 0 Å². The van der Waals surface area contributed by atoms with Crippen LogP contribution in [0.15, 0.2) is 59.9 Å². The summed E-state index contributed by atoms with van der Waals surface area (Å²) in [7, 11) is 0. The standard InChI is InChI=1S/C26H30N4O2/c27-23-24(26(32)22-8-2-1-7-21(22)25(23)31)28-13-3-5-18-9-11-19(12-10-18)30-16-15-29-14-4-6-20(29)17-30/h1-2,7-12,20,28H,3-6,13-17,27H2. The second kappa shape index (κ2) is 8.79. The Morgan fingerprint density at radius 1 is 0.938 bits per heavy atom. The van der Waals surface area contributed by atoms with E-state index in [-0.39, 0.29) is 23.0 Å². The Morgan fingerprint density at radius 2 is 1.69 bits per heavy atom. The Kier molecular flexibility index (Phi) is 5.70. The number of hydrogen-bond acceptors (Lipinski definition) is 6. The minimum atomic E-state index is -0.281. The van der Waals surface area contributed by atoms with Crippen molar-refractivity contribution in [2.75, 3.05) is 37.6 Å². The van der Waals surface area contributed by atoms with Gasteiger partial charge in [0.1, 0.15) is 11.4 Å². The maximum Gasteiger partial charge on any atom is 0.211 e. The summed E-state index contributed by atoms with van der Waals surface area (Å²) in [6.07, 6.45) is 4.40. The van der Waals surface area contributed by atoms with Gasteiger partial charge in [-0.15, -0.1) is 0 Å². The van der Waals surface area contributed by atoms with Crippen molar-refractivity contribution in [2.24, 2.45) is 5.73 Å². The van der Waals surface area contributed by atoms with Gasteiger partial charge in [0.15, 0.2) is 0 Å². The molecule has 2 saturated heterocycles. The van der Waals surface area contributed by atoms with Crippen LogP contribution in [-0.2, 0) is 6.42 Å². The van der Waals surface area contributed by atoms with Crippen LogP contribution < -0.4 is 16.0 Å². The van der Waals surface area contributed by atoms with E-state index < -0.39 is 0 Å². The number of benzene rings is 2. The van der Waals surface area contributed by atoms with Crippen molar-refractivity contribution >= 4 is 17.3 Å². The Hall–Kier alpha value is -3.12. The zero-order valence-electron chi connectivity index (χ0n) is 18.3. The lowest BCUT2D eigenvalue weighted by Gasteiger charge is -2.38. The molecule has 2 aromatic rings. The number of allylic oxidation sites excluding steroid dienone is 2. The molecule has 0 aromatic heterocycles. The molecular weight excluding hydrogens is 400 g/mol. The quantitative estimate of drug-likeness (QED) is 0.686. The molecule has 2 fully saturated rings. The van der Waals surface area contributed by atoms with Gasteiger partial charge < -0.3 is 16.0 Å². The topological polar surface area (TPSA) is 78.7 Å². The smallest absolute Gasteiger partial charge is 0.211 e. The molecule has 5 rings (SSSR count). The van der Waals surface area contributed by atoms with Gasteiger partial charge in [-0.2, -0.15) is 0 Å². The van der Waals surface area contributed by atoms with E-state index in [0.717, 1.165) is 32.0 Å². The molecule has 3 N–H and O–H groups in total. The summed E-state index contributed by atoms with van der Waals surface area (Å²) in [4.78, 5) is 30.3. The first-order chi connectivity index (χ1) is 15.6. The summed E-state index contributed by atoms with van der Waals surface area (Å²) < 4.78 is 0. The van der Waals surface area contributed by atoms with Gasteiger partial charge in [0.05, 0.1) is 0 Å². The maximum atomic E-state index is 12.7. The van der Waals surface area contributed by atoms with Crippen molar-refractivity contribution in [3.8, 4) is 0 Å². The predicted octanol–water partition coefficient (Wildman–Crippen LogP) is 2.74. The molecule has 3 aliphatic rings. The summed E-state index contributed by atoms with van der Waals surface area (Å²) in [6, 6.07) is 16.4. The molecule has 166 valence electrons. The number of Topliss-reactive ketones (excluding diaryl/α,β-unsaturated/α-hetero) is 2. The van der Waals surface area contributed by atoms with Gasteiger partial charge >= 0.3 is 0 Å². The zero-order chi connectivity index (χ0) is 22.1. The lowest BCUT2D eigenvalue weighted by Crippen LogP contribution is -2.50. The Morgan fingerprint density at radius 3 is 2.47 bits per heavy atom. The zero-order valence-corrected chi connectivity index (χ0v) is 18.3. The first kappa shape index (κ1) is 20.8. The average Bonchev–Trinajstić information content (AvgIpc) is 3.30. The number of hydrogen-bond donors (Lipinski definition) is 2. The van der Waals surface area contributed by atoms with Gasteiger partial charge in [0, 0.05) is 49.0 Å². The predicted molar refractivity (Wildman–Crippen MR) is 126 cm³/mol. The number of anilines is 1. The Labute approximate surface area is 189 Å². The number of aryl methyl sites for hydroxylation is 1. The van der Waals surface area contributed by atoms with Gasteiger partial charge in [-0.1, -0.05) is 36.4 Å². The molecule has 2 aromatic carbocycles. The number of fused-ring (bicyclic) bond motifs is 2. The summed E-state index contributed by atoms with van der Waals surface area (Å²) in [5.74, 6) is -0.485. The average molecular weight is 431 g/mol. The van der Waals surface area contributed by atoms with Crippen LogP contribution >= 0.6 is 0 Å². The molecule has 1 unspecified atom stereocenters. The van der Waals surface area contributed by atoms with Crippen molar-refractivity contribution in [1.29, 1.82) is 0 Å². The summed E-state index contributed by atoms with van der Waals surface area (Å²) >= 11 is 0. The number of piperazine rings is 1. The number of rotatable bonds is 6. The second-order valence-corrected chi connectivity index (χ2v) is 8.97. The number of carbonyl (C=O) groups is 2. The van der Waals surface area contributed by atoms with E-state index in [4.69, 9.17) is 5.73 Å². The maximum absolute atomic E-state index is 12.7. The molecule has 2 heterocycles. The lowest BCUT2D eigenvalue weighted by molar-refractivity contribution is 0.0967. The molecule has 32 heavy (non-hydrogen) atoms. The molecule has 6 heteroatoms. The van der Waals surface area contributed by atoms with Crippen LogP contribution in [0.5, 0.6) is 0 Å². The van der Waals surface area contributed by atoms with Gasteiger partial charge in [-0.3, -0.25) is 14.5 Å². The molecule has 1 aliphatic carbocycles. The summed E-state index contributed by atoms with van der Waals surface area (Å²) in [5.41, 5.74) is 9.61. The van der Waals surface area contributed by atoms with Crippen LogP contribution in [0, 0.1) is 0 Å². The van der Waals surface area contributed by atoms with Crippen LogP contribution in [-0.4, -0.2) is 55.2 Å². The van der Waals surface area contributed by atoms with E-state index in [9.17, 15) is 9.59 Å². The third-order valence-corrected chi connectivity index (χ3v) is 6.99. The molecular formula is C26H30N4O2. The summed E-state index contributed by atoms with van der Waals surface area (Å²) in [6.45, 7) is 5.26. The lowest BCUT2D eigenvalue weighted by atomic mass is 9.90. The number of nitrogens with zero attached hydrogens (tertiary/aromatic N) is 2. The largest absolute Gasteiger partial charge is 0.394 e. The highest BCUT2D eigenvalue weighted by molar-refractivity contribution is 6.26. The molecule has 2 aliphatic heterocycles. The minimum absolute atomic E-state index is 0.0143. The van der Waals surface area contributed by atoms with Crippen LogP contribution in [0.25, 0.3) is 0 Å². The number of carbonyl (C=O) groups excluding carboxylic acids is 2. The van der Waals surface area contributed by atoms with Gasteiger partial charge in [0.25, 0.3) is 0 Å². The highest BCUT2D eigenvalue weighted by atomic mass is 16.1. The normalized spacial score (nSPS) is 21.0. The minimum Gasteiger partial charge on any atom is -0.394 e. The van der Waals surface area contributed by atoms with Crippen molar-refractivity contribution in [3.63, 3.8) is 0 Å². The second-order valence-electron chi connectivity index (χ2n) is 8.97. The summed E-state index contributed by atoms with van der Waals surface area (Å²) in [5, 5.41) is 3.12. The first-order valence-corrected chi connectivity index (χ1v) is 11.6. The number of nitrogens with two attached hydrogens (primary N) is 1. The third kappa shape index (κ3) is 3.91. The molecule has 0 spiro atoms. The molecule has 6 nitrogen and oxygen atoms in total. The fraction of sp³-hybridized carbons (Fsp3) is 0.385. The number of nitrogens with one attached hydrogen (secondary N) is 1. The monoisotopic (exact) mass is 430 g/mol. The van der Waals surface area contributed by atoms with Gasteiger partial charge in [0.2, 0.25) is 11.6 Å². The van der Waals surface area contributed by atoms with Crippen LogP contribution in [0.2, 0.25) is 0 Å². The molecule has 0 radical (unpaired) electrons. The van der Waals surface area contributed by atoms with Crippen molar-refractivity contribution in [1.82, 2.24) is 10.2 Å². The van der Waals surface area contributed by atoms with Crippen LogP contribution in [0.1, 0.15) is 45.5 Å². The van der Waals surface area contributed by atoms with Gasteiger partial charge in [-0.05, 0) is 49.9 Å². The van der Waals surface area contributed by atoms with Crippen molar-refractivity contribution in [3.05, 3.63) is 76.6 Å². The molecule has 0 saturated carbocycles. The molecule has 1 atom stereocenters. The first-order valence-electron chi connectivity index (χ1n) is 11.6. The Bertz CT molecular complexity index is 1060. The van der Waals surface area contributed by atoms with E-state index in [0.29, 0.717) is 17.7 Å². The molecule has 0 amide bonds. The van der Waals surface area contributed by atoms with Gasteiger partial charge in [-0.25, -0.2) is 0 Å². The Balaban J connectivity index is 1.14. The highest BCUT2D eigenvalue weighted by Gasteiger charge is 2.31.